The van der Waals surface area contributed by atoms with Gasteiger partial charge in [0.05, 0.1) is 12.2 Å². The number of amides is 3. The number of benzene rings is 2. The summed E-state index contributed by atoms with van der Waals surface area (Å²) in [6.45, 7) is 4.82. The number of para-hydroxylation sites is 1. The highest BCUT2D eigenvalue weighted by Gasteiger charge is 2.54. The van der Waals surface area contributed by atoms with E-state index in [9.17, 15) is 27.6 Å². The predicted octanol–water partition coefficient (Wildman–Crippen LogP) is 4.04. The van der Waals surface area contributed by atoms with Crippen molar-refractivity contribution in [3.63, 3.8) is 0 Å². The van der Waals surface area contributed by atoms with E-state index in [-0.39, 0.29) is 37.5 Å². The lowest BCUT2D eigenvalue weighted by Gasteiger charge is -2.43. The van der Waals surface area contributed by atoms with Crippen molar-refractivity contribution < 1.29 is 27.6 Å². The lowest BCUT2D eigenvalue weighted by atomic mass is 9.85. The van der Waals surface area contributed by atoms with Gasteiger partial charge in [-0.3, -0.25) is 14.4 Å². The van der Waals surface area contributed by atoms with E-state index < -0.39 is 23.2 Å². The van der Waals surface area contributed by atoms with Crippen LogP contribution in [0.5, 0.6) is 0 Å². The molecular weight excluding hydrogens is 497 g/mol. The largest absolute Gasteiger partial charge is 0.416 e. The van der Waals surface area contributed by atoms with Gasteiger partial charge < -0.3 is 20.0 Å². The minimum Gasteiger partial charge on any atom is -0.350 e. The van der Waals surface area contributed by atoms with Crippen molar-refractivity contribution in [3.05, 3.63) is 65.7 Å². The number of hydrogen-bond donors (Lipinski definition) is 1. The van der Waals surface area contributed by atoms with Gasteiger partial charge in [0, 0.05) is 31.7 Å². The molecule has 0 radical (unpaired) electrons. The molecule has 2 saturated heterocycles. The van der Waals surface area contributed by atoms with Gasteiger partial charge in [-0.1, -0.05) is 44.2 Å². The fourth-order valence-corrected chi connectivity index (χ4v) is 5.21. The van der Waals surface area contributed by atoms with Crippen molar-refractivity contribution in [2.24, 2.45) is 5.92 Å². The molecule has 204 valence electrons. The minimum atomic E-state index is -4.47. The van der Waals surface area contributed by atoms with E-state index in [2.05, 4.69) is 5.32 Å². The molecule has 0 atom stereocenters. The average molecular weight is 531 g/mol. The van der Waals surface area contributed by atoms with Gasteiger partial charge in [-0.25, -0.2) is 0 Å². The molecule has 7 nitrogen and oxygen atoms in total. The second-order valence-corrected chi connectivity index (χ2v) is 10.4. The Labute approximate surface area is 220 Å². The summed E-state index contributed by atoms with van der Waals surface area (Å²) in [6.07, 6.45) is -3.10. The number of halogens is 3. The molecule has 38 heavy (non-hydrogen) atoms. The summed E-state index contributed by atoms with van der Waals surface area (Å²) in [5.74, 6) is -0.299. The Morgan fingerprint density at radius 1 is 1.03 bits per heavy atom. The summed E-state index contributed by atoms with van der Waals surface area (Å²) in [5.41, 5.74) is -0.467. The first-order valence-corrected chi connectivity index (χ1v) is 12.8. The molecule has 4 rings (SSSR count). The zero-order valence-electron chi connectivity index (χ0n) is 21.6. The number of carbonyl (C=O) groups excluding carboxylic acids is 3. The summed E-state index contributed by atoms with van der Waals surface area (Å²) in [5, 5.41) is 2.64. The highest BCUT2D eigenvalue weighted by molar-refractivity contribution is 5.96. The SMILES string of the molecule is CC(C)CC(=O)N1CCC2(CC1)C(=O)N(CC(=O)NCc1cccc(C(F)(F)F)c1)CN2c1ccccc1. The molecule has 0 aliphatic carbocycles. The van der Waals surface area contributed by atoms with E-state index in [0.29, 0.717) is 37.9 Å². The number of alkyl halides is 3. The fraction of sp³-hybridized carbons (Fsp3) is 0.464. The number of nitrogens with zero attached hydrogens (tertiary/aromatic N) is 3. The van der Waals surface area contributed by atoms with E-state index >= 15 is 0 Å². The summed E-state index contributed by atoms with van der Waals surface area (Å²) in [7, 11) is 0. The Bertz CT molecular complexity index is 1160. The smallest absolute Gasteiger partial charge is 0.350 e. The topological polar surface area (TPSA) is 73.0 Å². The maximum atomic E-state index is 13.8. The molecule has 2 aliphatic rings. The van der Waals surface area contributed by atoms with Crippen LogP contribution < -0.4 is 10.2 Å². The number of anilines is 1. The van der Waals surface area contributed by atoms with Crippen LogP contribution in [0.2, 0.25) is 0 Å². The third-order valence-electron chi connectivity index (χ3n) is 7.19. The number of rotatable bonds is 7. The molecule has 0 saturated carbocycles. The van der Waals surface area contributed by atoms with E-state index in [0.717, 1.165) is 17.8 Å². The third kappa shape index (κ3) is 5.95. The van der Waals surface area contributed by atoms with Gasteiger partial charge in [-0.15, -0.1) is 0 Å². The molecule has 1 N–H and O–H groups in total. The zero-order valence-corrected chi connectivity index (χ0v) is 21.6. The van der Waals surface area contributed by atoms with Crippen molar-refractivity contribution >= 4 is 23.4 Å². The maximum absolute atomic E-state index is 13.8. The first-order valence-electron chi connectivity index (χ1n) is 12.8. The molecule has 0 aromatic heterocycles. The number of piperidine rings is 1. The van der Waals surface area contributed by atoms with Crippen LogP contribution in [-0.4, -0.2) is 59.4 Å². The second kappa shape index (κ2) is 11.0. The average Bonchev–Trinajstić information content (AvgIpc) is 3.13. The van der Waals surface area contributed by atoms with Crippen LogP contribution in [0.25, 0.3) is 0 Å². The number of carbonyl (C=O) groups is 3. The van der Waals surface area contributed by atoms with Crippen LogP contribution in [-0.2, 0) is 27.1 Å². The first-order chi connectivity index (χ1) is 18.0. The Morgan fingerprint density at radius 2 is 1.71 bits per heavy atom. The predicted molar refractivity (Wildman–Crippen MR) is 137 cm³/mol. The first kappa shape index (κ1) is 27.5. The van der Waals surface area contributed by atoms with Gasteiger partial charge >= 0.3 is 6.18 Å². The monoisotopic (exact) mass is 530 g/mol. The zero-order chi connectivity index (χ0) is 27.5. The molecule has 2 aromatic carbocycles. The van der Waals surface area contributed by atoms with Crippen molar-refractivity contribution in [1.29, 1.82) is 0 Å². The van der Waals surface area contributed by atoms with E-state index in [1.165, 1.54) is 17.0 Å². The van der Waals surface area contributed by atoms with Crippen LogP contribution in [0.3, 0.4) is 0 Å². The van der Waals surface area contributed by atoms with Crippen LogP contribution in [0.4, 0.5) is 18.9 Å². The van der Waals surface area contributed by atoms with Gasteiger partial charge in [-0.2, -0.15) is 13.2 Å². The molecule has 2 heterocycles. The van der Waals surface area contributed by atoms with Gasteiger partial charge in [-0.05, 0) is 48.6 Å². The van der Waals surface area contributed by atoms with Crippen LogP contribution in [0.15, 0.2) is 54.6 Å². The fourth-order valence-electron chi connectivity index (χ4n) is 5.21. The van der Waals surface area contributed by atoms with Crippen LogP contribution >= 0.6 is 0 Å². The summed E-state index contributed by atoms with van der Waals surface area (Å²) in [4.78, 5) is 44.5. The lowest BCUT2D eigenvalue weighted by molar-refractivity contribution is -0.140. The van der Waals surface area contributed by atoms with Crippen LogP contribution in [0.1, 0.15) is 44.2 Å². The minimum absolute atomic E-state index is 0.0781. The molecule has 0 bridgehead atoms. The standard InChI is InChI=1S/C28H33F3N4O3/c1-20(2)15-25(37)33-13-11-27(12-14-33)26(38)34(19-35(27)23-9-4-3-5-10-23)18-24(36)32-17-21-7-6-8-22(16-21)28(29,30)31/h3-10,16,20H,11-15,17-19H2,1-2H3,(H,32,36). The van der Waals surface area contributed by atoms with Crippen molar-refractivity contribution in [2.45, 2.75) is 51.4 Å². The van der Waals surface area contributed by atoms with Crippen molar-refractivity contribution in [2.75, 3.05) is 31.2 Å². The van der Waals surface area contributed by atoms with Crippen molar-refractivity contribution in [1.82, 2.24) is 15.1 Å². The Kier molecular flexibility index (Phi) is 7.99. The molecule has 0 unspecified atom stereocenters. The van der Waals surface area contributed by atoms with E-state index in [1.54, 1.807) is 0 Å². The normalized spacial score (nSPS) is 17.4. The molecule has 3 amide bonds. The highest BCUT2D eigenvalue weighted by atomic mass is 19.4. The summed E-state index contributed by atoms with van der Waals surface area (Å²) in [6, 6.07) is 14.3. The number of likely N-dealkylation sites (tertiary alicyclic amines) is 1. The highest BCUT2D eigenvalue weighted by Crippen LogP contribution is 2.39. The lowest BCUT2D eigenvalue weighted by Crippen LogP contribution is -2.57. The number of hydrogen-bond acceptors (Lipinski definition) is 4. The summed E-state index contributed by atoms with van der Waals surface area (Å²) < 4.78 is 39.0. The molecular formula is C28H33F3N4O3. The Hall–Kier alpha value is -3.56. The van der Waals surface area contributed by atoms with Crippen molar-refractivity contribution in [3.8, 4) is 0 Å². The van der Waals surface area contributed by atoms with E-state index in [1.807, 2.05) is 54.0 Å². The third-order valence-corrected chi connectivity index (χ3v) is 7.19. The maximum Gasteiger partial charge on any atom is 0.416 e. The van der Waals surface area contributed by atoms with Gasteiger partial charge in [0.2, 0.25) is 11.8 Å². The number of nitrogens with one attached hydrogen (secondary N) is 1. The summed E-state index contributed by atoms with van der Waals surface area (Å²) >= 11 is 0. The van der Waals surface area contributed by atoms with Gasteiger partial charge in [0.15, 0.2) is 0 Å². The van der Waals surface area contributed by atoms with Gasteiger partial charge in [0.25, 0.3) is 5.91 Å². The second-order valence-electron chi connectivity index (χ2n) is 10.4. The molecule has 2 aromatic rings. The quantitative estimate of drug-likeness (QED) is 0.587. The molecule has 1 spiro atoms. The van der Waals surface area contributed by atoms with Gasteiger partial charge in [0.1, 0.15) is 12.1 Å². The molecule has 2 fully saturated rings. The molecule has 2 aliphatic heterocycles. The van der Waals surface area contributed by atoms with Crippen LogP contribution in [0, 0.1) is 5.92 Å². The molecule has 10 heteroatoms. The van der Waals surface area contributed by atoms with E-state index in [4.69, 9.17) is 0 Å². The Balaban J connectivity index is 1.45. The Morgan fingerprint density at radius 3 is 2.34 bits per heavy atom.